The van der Waals surface area contributed by atoms with Gasteiger partial charge in [-0.2, -0.15) is 0 Å². The van der Waals surface area contributed by atoms with Crippen molar-refractivity contribution in [1.29, 1.82) is 0 Å². The summed E-state index contributed by atoms with van der Waals surface area (Å²) in [5.74, 6) is 3.66. The van der Waals surface area contributed by atoms with E-state index in [0.29, 0.717) is 12.8 Å². The second-order valence-electron chi connectivity index (χ2n) is 15.5. The van der Waals surface area contributed by atoms with Crippen LogP contribution in [0.3, 0.4) is 0 Å². The molecular formula is C41H78N2O2. The number of hydrogen-bond donors (Lipinski definition) is 2. The van der Waals surface area contributed by atoms with Crippen molar-refractivity contribution >= 4 is 12.2 Å². The summed E-state index contributed by atoms with van der Waals surface area (Å²) in [6.45, 7) is 9.70. The SMILES string of the molecule is CCCCCCCCC1C(CCCCCC)CCC(CCCCCCCNC(=O)/C=C\C=O)C1CCCCCCCC(C)(C)N. The zero-order valence-electron chi connectivity index (χ0n) is 30.7. The van der Waals surface area contributed by atoms with E-state index in [-0.39, 0.29) is 11.4 Å². The number of aldehydes is 1. The maximum Gasteiger partial charge on any atom is 0.244 e. The number of carbonyl (C=O) groups is 2. The van der Waals surface area contributed by atoms with E-state index in [9.17, 15) is 9.59 Å². The summed E-state index contributed by atoms with van der Waals surface area (Å²) in [6, 6.07) is 0. The average molecular weight is 631 g/mol. The van der Waals surface area contributed by atoms with E-state index in [2.05, 4.69) is 33.0 Å². The van der Waals surface area contributed by atoms with Crippen molar-refractivity contribution in [2.24, 2.45) is 29.4 Å². The number of carbonyl (C=O) groups excluding carboxylic acids is 2. The first kappa shape index (κ1) is 41.9. The van der Waals surface area contributed by atoms with Crippen LogP contribution < -0.4 is 11.1 Å². The topological polar surface area (TPSA) is 72.2 Å². The van der Waals surface area contributed by atoms with Gasteiger partial charge in [0.1, 0.15) is 6.29 Å². The quantitative estimate of drug-likeness (QED) is 0.0471. The van der Waals surface area contributed by atoms with Crippen LogP contribution in [0, 0.1) is 23.7 Å². The van der Waals surface area contributed by atoms with Crippen LogP contribution in [0.5, 0.6) is 0 Å². The number of nitrogens with two attached hydrogens (primary N) is 1. The zero-order valence-corrected chi connectivity index (χ0v) is 30.7. The minimum atomic E-state index is -0.163. The van der Waals surface area contributed by atoms with E-state index in [4.69, 9.17) is 5.73 Å². The molecule has 4 unspecified atom stereocenters. The van der Waals surface area contributed by atoms with Gasteiger partial charge in [0.25, 0.3) is 0 Å². The summed E-state index contributed by atoms with van der Waals surface area (Å²) in [5.41, 5.74) is 6.20. The number of allylic oxidation sites excluding steroid dienone is 1. The van der Waals surface area contributed by atoms with Gasteiger partial charge in [0.05, 0.1) is 0 Å². The second-order valence-corrected chi connectivity index (χ2v) is 15.5. The lowest BCUT2D eigenvalue weighted by molar-refractivity contribution is -0.116. The van der Waals surface area contributed by atoms with Crippen LogP contribution in [0.1, 0.15) is 201 Å². The highest BCUT2D eigenvalue weighted by Crippen LogP contribution is 2.47. The molecule has 0 aromatic carbocycles. The molecule has 0 aromatic heterocycles. The molecule has 4 heteroatoms. The van der Waals surface area contributed by atoms with Gasteiger partial charge >= 0.3 is 0 Å². The van der Waals surface area contributed by atoms with Crippen molar-refractivity contribution < 1.29 is 9.59 Å². The van der Waals surface area contributed by atoms with Crippen LogP contribution in [0.2, 0.25) is 0 Å². The Morgan fingerprint density at radius 3 is 1.56 bits per heavy atom. The fraction of sp³-hybridized carbons (Fsp3) is 0.902. The van der Waals surface area contributed by atoms with Crippen molar-refractivity contribution in [1.82, 2.24) is 5.32 Å². The highest BCUT2D eigenvalue weighted by Gasteiger charge is 2.37. The lowest BCUT2D eigenvalue weighted by Gasteiger charge is -2.44. The number of nitrogens with one attached hydrogen (secondary N) is 1. The first-order chi connectivity index (χ1) is 21.8. The summed E-state index contributed by atoms with van der Waals surface area (Å²) in [7, 11) is 0. The largest absolute Gasteiger partial charge is 0.353 e. The highest BCUT2D eigenvalue weighted by molar-refractivity contribution is 5.90. The summed E-state index contributed by atoms with van der Waals surface area (Å²) in [5, 5.41) is 2.88. The zero-order chi connectivity index (χ0) is 33.0. The molecule has 0 bridgehead atoms. The van der Waals surface area contributed by atoms with Gasteiger partial charge in [0.15, 0.2) is 0 Å². The van der Waals surface area contributed by atoms with Gasteiger partial charge in [0.2, 0.25) is 5.91 Å². The fourth-order valence-corrected chi connectivity index (χ4v) is 8.12. The van der Waals surface area contributed by atoms with Crippen LogP contribution in [-0.4, -0.2) is 24.3 Å². The molecule has 0 radical (unpaired) electrons. The van der Waals surface area contributed by atoms with E-state index in [1.165, 1.54) is 173 Å². The molecule has 1 rings (SSSR count). The van der Waals surface area contributed by atoms with Crippen molar-refractivity contribution in [3.05, 3.63) is 12.2 Å². The number of rotatable bonds is 30. The molecule has 0 aliphatic heterocycles. The van der Waals surface area contributed by atoms with Crippen molar-refractivity contribution in [2.75, 3.05) is 6.54 Å². The molecule has 0 aromatic rings. The molecule has 264 valence electrons. The third kappa shape index (κ3) is 22.9. The molecular weight excluding hydrogens is 552 g/mol. The van der Waals surface area contributed by atoms with Crippen molar-refractivity contribution in [3.63, 3.8) is 0 Å². The molecule has 0 saturated heterocycles. The molecule has 3 N–H and O–H groups in total. The van der Waals surface area contributed by atoms with Gasteiger partial charge in [0, 0.05) is 18.2 Å². The third-order valence-electron chi connectivity index (χ3n) is 10.7. The van der Waals surface area contributed by atoms with E-state index in [0.717, 1.165) is 36.5 Å². The Labute approximate surface area is 281 Å². The third-order valence-corrected chi connectivity index (χ3v) is 10.7. The van der Waals surface area contributed by atoms with Crippen LogP contribution in [-0.2, 0) is 9.59 Å². The first-order valence-corrected chi connectivity index (χ1v) is 20.0. The van der Waals surface area contributed by atoms with Crippen LogP contribution in [0.25, 0.3) is 0 Å². The highest BCUT2D eigenvalue weighted by atomic mass is 16.1. The molecule has 1 amide bonds. The monoisotopic (exact) mass is 631 g/mol. The van der Waals surface area contributed by atoms with E-state index < -0.39 is 0 Å². The van der Waals surface area contributed by atoms with Crippen LogP contribution in [0.15, 0.2) is 12.2 Å². The molecule has 1 aliphatic rings. The molecule has 0 heterocycles. The molecule has 0 spiro atoms. The van der Waals surface area contributed by atoms with Crippen molar-refractivity contribution in [2.45, 2.75) is 207 Å². The second kappa shape index (κ2) is 27.9. The molecule has 4 nitrogen and oxygen atoms in total. The summed E-state index contributed by atoms with van der Waals surface area (Å²) in [4.78, 5) is 22.0. The lowest BCUT2D eigenvalue weighted by Crippen LogP contribution is -2.35. The minimum Gasteiger partial charge on any atom is -0.353 e. The van der Waals surface area contributed by atoms with Crippen LogP contribution in [0.4, 0.5) is 0 Å². The van der Waals surface area contributed by atoms with E-state index in [1.807, 2.05) is 0 Å². The molecule has 1 aliphatic carbocycles. The molecule has 1 saturated carbocycles. The van der Waals surface area contributed by atoms with E-state index >= 15 is 0 Å². The number of amides is 1. The predicted octanol–water partition coefficient (Wildman–Crippen LogP) is 11.6. The normalized spacial score (nSPS) is 20.6. The van der Waals surface area contributed by atoms with Gasteiger partial charge in [-0.1, -0.05) is 149 Å². The lowest BCUT2D eigenvalue weighted by atomic mass is 9.61. The summed E-state index contributed by atoms with van der Waals surface area (Å²) >= 11 is 0. The Kier molecular flexibility index (Phi) is 26.0. The maximum atomic E-state index is 11.6. The predicted molar refractivity (Wildman–Crippen MR) is 196 cm³/mol. The minimum absolute atomic E-state index is 0.0174. The molecule has 4 atom stereocenters. The Balaban J connectivity index is 2.68. The molecule has 1 fully saturated rings. The first-order valence-electron chi connectivity index (χ1n) is 20.0. The summed E-state index contributed by atoms with van der Waals surface area (Å²) in [6.07, 6.45) is 40.3. The van der Waals surface area contributed by atoms with E-state index in [1.54, 1.807) is 0 Å². The van der Waals surface area contributed by atoms with Crippen LogP contribution >= 0.6 is 0 Å². The maximum absolute atomic E-state index is 11.6. The van der Waals surface area contributed by atoms with Gasteiger partial charge in [-0.25, -0.2) is 0 Å². The van der Waals surface area contributed by atoms with Gasteiger partial charge < -0.3 is 11.1 Å². The number of hydrogen-bond acceptors (Lipinski definition) is 3. The fourth-order valence-electron chi connectivity index (χ4n) is 8.12. The number of unbranched alkanes of at least 4 members (excludes halogenated alkanes) is 16. The smallest absolute Gasteiger partial charge is 0.244 e. The Bertz CT molecular complexity index is 728. The van der Waals surface area contributed by atoms with Crippen molar-refractivity contribution in [3.8, 4) is 0 Å². The average Bonchev–Trinajstić information content (AvgIpc) is 3.01. The Morgan fingerprint density at radius 1 is 0.644 bits per heavy atom. The van der Waals surface area contributed by atoms with Gasteiger partial charge in [-0.05, 0) is 82.1 Å². The molecule has 45 heavy (non-hydrogen) atoms. The summed E-state index contributed by atoms with van der Waals surface area (Å²) < 4.78 is 0. The Hall–Kier alpha value is -1.16. The Morgan fingerprint density at radius 2 is 1.07 bits per heavy atom. The van der Waals surface area contributed by atoms with Gasteiger partial charge in [-0.3, -0.25) is 9.59 Å². The van der Waals surface area contributed by atoms with Gasteiger partial charge in [-0.15, -0.1) is 0 Å². The standard InChI is InChI=1S/C41H78N2O2/c1-5-7-9-11-15-21-28-38-36(26-19-10-8-6-2)31-32-37(39(38)29-22-16-12-17-23-33-41(3,4)42)27-20-14-13-18-24-34-43-40(45)30-25-35-44/h25,30,35-39H,5-24,26-29,31-34,42H2,1-4H3,(H,43,45)/b30-25-.